The quantitative estimate of drug-likeness (QED) is 0.356. The number of aromatic hydroxyl groups is 1. The summed E-state index contributed by atoms with van der Waals surface area (Å²) in [5.41, 5.74) is 2.32. The van der Waals surface area contributed by atoms with Crippen molar-refractivity contribution in [2.45, 2.75) is 63.3 Å². The average Bonchev–Trinajstić information content (AvgIpc) is 3.49. The molecule has 3 fully saturated rings. The Hall–Kier alpha value is -3.57. The summed E-state index contributed by atoms with van der Waals surface area (Å²) in [6.45, 7) is 4.69. The van der Waals surface area contributed by atoms with Crippen molar-refractivity contribution < 1.29 is 19.5 Å². The summed E-state index contributed by atoms with van der Waals surface area (Å²) >= 11 is 0. The van der Waals surface area contributed by atoms with E-state index in [-0.39, 0.29) is 29.2 Å². The molecule has 0 radical (unpaired) electrons. The van der Waals surface area contributed by atoms with Gasteiger partial charge >= 0.3 is 0 Å². The highest BCUT2D eigenvalue weighted by atomic mass is 16.3. The van der Waals surface area contributed by atoms with Gasteiger partial charge in [-0.15, -0.1) is 0 Å². The molecule has 1 N–H and O–H groups in total. The fourth-order valence-electron chi connectivity index (χ4n) is 10.6. The van der Waals surface area contributed by atoms with E-state index in [0.717, 1.165) is 36.8 Å². The third-order valence-corrected chi connectivity index (χ3v) is 12.4. The van der Waals surface area contributed by atoms with Crippen LogP contribution in [0.1, 0.15) is 87.4 Å². The lowest BCUT2D eigenvalue weighted by molar-refractivity contribution is -0.138. The molecule has 2 spiro atoms. The predicted molar refractivity (Wildman–Crippen MR) is 160 cm³/mol. The largest absolute Gasteiger partial charge is 0.508 e. The number of carbonyl (C=O) groups is 3. The number of aryl methyl sites for hydroxylation is 2. The van der Waals surface area contributed by atoms with Gasteiger partial charge in [-0.2, -0.15) is 0 Å². The highest BCUT2D eigenvalue weighted by Crippen LogP contribution is 2.72. The van der Waals surface area contributed by atoms with Crippen LogP contribution in [-0.4, -0.2) is 46.5 Å². The molecular weight excluding hydrogens is 522 g/mol. The van der Waals surface area contributed by atoms with E-state index in [1.54, 1.807) is 18.2 Å². The standard InChI is InChI=1S/C37H37NO4/c1-21-8-10-22(11-9-21)31-20-38(3)37(32(40)28-6-4-5-7-29(28)33(37)41)36(31)19-30-27-14-12-23-18-24(39)13-15-25(23)26(27)16-17-35(30,2)34(36)42/h4-11,13,15,18,26-27,30-31,39H,12,14,16-17,19-20H2,1-3H3/t26-,27-,30+,31-,35+,36-/m1/s1. The fraction of sp³-hybridized carbons (Fsp3) is 0.432. The van der Waals surface area contributed by atoms with E-state index in [9.17, 15) is 14.7 Å². The Morgan fingerprint density at radius 1 is 0.905 bits per heavy atom. The van der Waals surface area contributed by atoms with E-state index >= 15 is 4.79 Å². The maximum Gasteiger partial charge on any atom is 0.192 e. The topological polar surface area (TPSA) is 74.7 Å². The zero-order valence-electron chi connectivity index (χ0n) is 24.5. The summed E-state index contributed by atoms with van der Waals surface area (Å²) in [5, 5.41) is 10.2. The second-order valence-electron chi connectivity index (χ2n) is 14.0. The van der Waals surface area contributed by atoms with Crippen LogP contribution in [0.5, 0.6) is 5.75 Å². The molecule has 0 unspecified atom stereocenters. The van der Waals surface area contributed by atoms with Gasteiger partial charge in [0, 0.05) is 29.0 Å². The highest BCUT2D eigenvalue weighted by Gasteiger charge is 2.81. The second kappa shape index (κ2) is 8.50. The van der Waals surface area contributed by atoms with Gasteiger partial charge in [-0.1, -0.05) is 67.1 Å². The summed E-state index contributed by atoms with van der Waals surface area (Å²) in [4.78, 5) is 46.9. The van der Waals surface area contributed by atoms with Crippen LogP contribution in [0.15, 0.2) is 66.7 Å². The van der Waals surface area contributed by atoms with E-state index in [0.29, 0.717) is 41.7 Å². The first-order valence-corrected chi connectivity index (χ1v) is 15.5. The van der Waals surface area contributed by atoms with Gasteiger partial charge in [0.25, 0.3) is 0 Å². The minimum Gasteiger partial charge on any atom is -0.508 e. The lowest BCUT2D eigenvalue weighted by atomic mass is 9.55. The molecule has 5 nitrogen and oxygen atoms in total. The lowest BCUT2D eigenvalue weighted by Gasteiger charge is -2.48. The fourth-order valence-corrected chi connectivity index (χ4v) is 10.6. The van der Waals surface area contributed by atoms with Gasteiger partial charge in [0.2, 0.25) is 0 Å². The molecule has 0 bridgehead atoms. The molecule has 1 saturated heterocycles. The van der Waals surface area contributed by atoms with Crippen LogP contribution in [0, 0.1) is 29.6 Å². The summed E-state index contributed by atoms with van der Waals surface area (Å²) in [7, 11) is 1.89. The van der Waals surface area contributed by atoms with E-state index in [1.165, 1.54) is 11.1 Å². The van der Waals surface area contributed by atoms with Crippen molar-refractivity contribution in [3.63, 3.8) is 0 Å². The van der Waals surface area contributed by atoms with Gasteiger partial charge in [-0.25, -0.2) is 0 Å². The number of fused-ring (bicyclic) bond motifs is 7. The predicted octanol–water partition coefficient (Wildman–Crippen LogP) is 6.27. The van der Waals surface area contributed by atoms with Crippen LogP contribution >= 0.6 is 0 Å². The van der Waals surface area contributed by atoms with E-state index < -0.39 is 16.4 Å². The summed E-state index contributed by atoms with van der Waals surface area (Å²) < 4.78 is 0. The number of Topliss-reactive ketones (excluding diaryl/α,β-unsaturated/α-hetero) is 3. The molecule has 1 heterocycles. The maximum atomic E-state index is 15.5. The van der Waals surface area contributed by atoms with Crippen molar-refractivity contribution in [3.05, 3.63) is 100 Å². The van der Waals surface area contributed by atoms with Gasteiger partial charge in [0.05, 0.1) is 5.41 Å². The highest BCUT2D eigenvalue weighted by molar-refractivity contribution is 6.35. The first-order valence-electron chi connectivity index (χ1n) is 15.5. The molecule has 2 saturated carbocycles. The number of phenols is 1. The lowest BCUT2D eigenvalue weighted by Crippen LogP contribution is -2.63. The molecule has 8 rings (SSSR count). The van der Waals surface area contributed by atoms with Crippen LogP contribution in [0.25, 0.3) is 0 Å². The van der Waals surface area contributed by atoms with Crippen LogP contribution in [0.2, 0.25) is 0 Å². The van der Waals surface area contributed by atoms with Gasteiger partial charge < -0.3 is 5.11 Å². The molecule has 1 aliphatic heterocycles. The number of ketones is 3. The number of rotatable bonds is 1. The van der Waals surface area contributed by atoms with Crippen LogP contribution in [0.4, 0.5) is 0 Å². The molecule has 214 valence electrons. The first-order chi connectivity index (χ1) is 20.1. The molecule has 5 aliphatic rings. The van der Waals surface area contributed by atoms with Crippen molar-refractivity contribution in [1.29, 1.82) is 0 Å². The minimum absolute atomic E-state index is 0.0753. The normalized spacial score (nSPS) is 34.5. The Bertz CT molecular complexity index is 1660. The van der Waals surface area contributed by atoms with Crippen molar-refractivity contribution in [2.24, 2.45) is 22.7 Å². The molecule has 0 amide bonds. The first kappa shape index (κ1) is 26.1. The molecular formula is C37H37NO4. The molecule has 4 aliphatic carbocycles. The smallest absolute Gasteiger partial charge is 0.192 e. The van der Waals surface area contributed by atoms with E-state index in [1.807, 2.05) is 30.1 Å². The summed E-state index contributed by atoms with van der Waals surface area (Å²) in [6.07, 6.45) is 4.01. The average molecular weight is 560 g/mol. The maximum absolute atomic E-state index is 15.5. The van der Waals surface area contributed by atoms with Gasteiger partial charge in [0.15, 0.2) is 17.1 Å². The molecule has 0 aromatic heterocycles. The molecule has 42 heavy (non-hydrogen) atoms. The van der Waals surface area contributed by atoms with Crippen LogP contribution < -0.4 is 0 Å². The molecule has 3 aromatic rings. The minimum atomic E-state index is -1.53. The van der Waals surface area contributed by atoms with Gasteiger partial charge in [-0.3, -0.25) is 19.3 Å². The zero-order chi connectivity index (χ0) is 29.2. The van der Waals surface area contributed by atoms with Gasteiger partial charge in [-0.05, 0) is 92.7 Å². The number of nitrogens with zero attached hydrogens (tertiary/aromatic N) is 1. The number of likely N-dealkylation sites (N-methyl/N-ethyl adjacent to an activating group) is 1. The van der Waals surface area contributed by atoms with Crippen LogP contribution in [0.3, 0.4) is 0 Å². The van der Waals surface area contributed by atoms with Crippen molar-refractivity contribution in [1.82, 2.24) is 4.90 Å². The number of hydrogen-bond acceptors (Lipinski definition) is 5. The van der Waals surface area contributed by atoms with Crippen LogP contribution in [-0.2, 0) is 11.2 Å². The molecule has 3 aromatic carbocycles. The Morgan fingerprint density at radius 2 is 1.60 bits per heavy atom. The zero-order valence-corrected chi connectivity index (χ0v) is 24.5. The molecule has 5 heteroatoms. The van der Waals surface area contributed by atoms with Crippen molar-refractivity contribution in [3.8, 4) is 5.75 Å². The second-order valence-corrected chi connectivity index (χ2v) is 14.0. The van der Waals surface area contributed by atoms with Gasteiger partial charge in [0.1, 0.15) is 11.5 Å². The number of likely N-dealkylation sites (tertiary alicyclic amines) is 1. The SMILES string of the molecule is Cc1ccc([C@H]2CN(C)C3(C(=O)c4ccccc4C3=O)[C@]23C[C@H]2[C@@H]4CCc5cc(O)ccc5[C@H]4CC[C@]2(C)C3=O)cc1. The van der Waals surface area contributed by atoms with Crippen molar-refractivity contribution >= 4 is 17.3 Å². The Kier molecular flexibility index (Phi) is 5.28. The van der Waals surface area contributed by atoms with Crippen molar-refractivity contribution in [2.75, 3.05) is 13.6 Å². The number of hydrogen-bond donors (Lipinski definition) is 1. The Labute approximate surface area is 246 Å². The van der Waals surface area contributed by atoms with E-state index in [2.05, 4.69) is 44.2 Å². The van der Waals surface area contributed by atoms with E-state index in [4.69, 9.17) is 0 Å². The number of benzene rings is 3. The summed E-state index contributed by atoms with van der Waals surface area (Å²) in [5.74, 6) is 0.457. The Balaban J connectivity index is 1.33. The number of phenolic OH excluding ortho intramolecular Hbond substituents is 1. The third kappa shape index (κ3) is 2.91. The third-order valence-electron chi connectivity index (χ3n) is 12.4. The monoisotopic (exact) mass is 559 g/mol. The summed E-state index contributed by atoms with van der Waals surface area (Å²) in [6, 6.07) is 21.3. The molecule has 6 atom stereocenters. The Morgan fingerprint density at radius 3 is 2.29 bits per heavy atom. The number of carbonyl (C=O) groups excluding carboxylic acids is 3.